The third-order valence-electron chi connectivity index (χ3n) is 14.8. The van der Waals surface area contributed by atoms with Crippen LogP contribution in [0, 0.1) is 50.7 Å². The van der Waals surface area contributed by atoms with Crippen molar-refractivity contribution >= 4 is 23.7 Å². The lowest BCUT2D eigenvalue weighted by molar-refractivity contribution is -0.233. The Morgan fingerprint density at radius 3 is 2.10 bits per heavy atom. The van der Waals surface area contributed by atoms with E-state index in [1.54, 1.807) is 5.57 Å². The van der Waals surface area contributed by atoms with Crippen LogP contribution in [-0.2, 0) is 38.1 Å². The number of ketones is 1. The zero-order valence-corrected chi connectivity index (χ0v) is 30.9. The molecule has 0 N–H and O–H groups in total. The molecular formula is C40H60O8. The number of ether oxygens (including phenoxy) is 4. The van der Waals surface area contributed by atoms with Crippen LogP contribution in [0.4, 0.5) is 0 Å². The van der Waals surface area contributed by atoms with Gasteiger partial charge in [-0.25, -0.2) is 0 Å². The van der Waals surface area contributed by atoms with Crippen LogP contribution in [0.2, 0.25) is 0 Å². The van der Waals surface area contributed by atoms with Crippen LogP contribution < -0.4 is 0 Å². The molecule has 6 rings (SSSR count). The zero-order chi connectivity index (χ0) is 35.0. The molecule has 4 saturated carbocycles. The van der Waals surface area contributed by atoms with Gasteiger partial charge in [0.05, 0.1) is 12.7 Å². The van der Waals surface area contributed by atoms with Crippen molar-refractivity contribution in [2.24, 2.45) is 50.7 Å². The van der Waals surface area contributed by atoms with Crippen molar-refractivity contribution in [3.05, 3.63) is 11.6 Å². The lowest BCUT2D eigenvalue weighted by Gasteiger charge is -2.67. The number of rotatable bonds is 5. The Morgan fingerprint density at radius 1 is 0.771 bits per heavy atom. The van der Waals surface area contributed by atoms with E-state index < -0.39 is 42.3 Å². The summed E-state index contributed by atoms with van der Waals surface area (Å²) < 4.78 is 23.6. The summed E-state index contributed by atoms with van der Waals surface area (Å²) in [6.45, 7) is 18.4. The molecule has 5 aliphatic carbocycles. The minimum absolute atomic E-state index is 0.0422. The number of hydrogen-bond acceptors (Lipinski definition) is 8. The number of allylic oxidation sites excluding steroid dienone is 2. The number of carbonyl (C=O) groups is 4. The first-order chi connectivity index (χ1) is 22.3. The average molecular weight is 669 g/mol. The number of carbonyl (C=O) groups excluding carboxylic acids is 4. The third kappa shape index (κ3) is 5.88. The summed E-state index contributed by atoms with van der Waals surface area (Å²) in [5.74, 6) is 0.824. The molecule has 11 atom stereocenters. The van der Waals surface area contributed by atoms with Gasteiger partial charge in [0.2, 0.25) is 0 Å². The van der Waals surface area contributed by atoms with Crippen LogP contribution in [0.1, 0.15) is 133 Å². The van der Waals surface area contributed by atoms with Gasteiger partial charge in [0.15, 0.2) is 18.3 Å². The Hall–Kier alpha value is -2.22. The van der Waals surface area contributed by atoms with Crippen LogP contribution in [0.5, 0.6) is 0 Å². The molecule has 0 spiro atoms. The molecule has 8 heteroatoms. The van der Waals surface area contributed by atoms with Crippen molar-refractivity contribution < 1.29 is 38.1 Å². The predicted octanol–water partition coefficient (Wildman–Crippen LogP) is 7.55. The van der Waals surface area contributed by atoms with Gasteiger partial charge in [0, 0.05) is 32.6 Å². The molecule has 0 amide bonds. The van der Waals surface area contributed by atoms with Gasteiger partial charge < -0.3 is 18.9 Å². The van der Waals surface area contributed by atoms with Crippen molar-refractivity contribution in [3.63, 3.8) is 0 Å². The Bertz CT molecular complexity index is 1360. The van der Waals surface area contributed by atoms with Crippen LogP contribution in [0.3, 0.4) is 0 Å². The van der Waals surface area contributed by atoms with Crippen molar-refractivity contribution in [3.8, 4) is 0 Å². The quantitative estimate of drug-likeness (QED) is 0.168. The monoisotopic (exact) mass is 668 g/mol. The largest absolute Gasteiger partial charge is 0.456 e. The fraction of sp³-hybridized carbons (Fsp3) is 0.850. The predicted molar refractivity (Wildman–Crippen MR) is 180 cm³/mol. The Balaban J connectivity index is 1.34. The highest BCUT2D eigenvalue weighted by Gasteiger charge is 2.65. The van der Waals surface area contributed by atoms with Crippen molar-refractivity contribution in [1.82, 2.24) is 0 Å². The summed E-state index contributed by atoms with van der Waals surface area (Å²) in [4.78, 5) is 49.8. The van der Waals surface area contributed by atoms with Crippen LogP contribution in [0.15, 0.2) is 11.6 Å². The molecule has 268 valence electrons. The molecule has 0 aromatic carbocycles. The molecule has 6 unspecified atom stereocenters. The van der Waals surface area contributed by atoms with E-state index >= 15 is 0 Å². The van der Waals surface area contributed by atoms with E-state index in [0.29, 0.717) is 42.3 Å². The second kappa shape index (κ2) is 12.2. The number of Topliss-reactive ketones (excluding diaryl/α,β-unsaturated/α-hetero) is 1. The number of esters is 3. The van der Waals surface area contributed by atoms with E-state index in [2.05, 4.69) is 47.6 Å². The Labute approximate surface area is 287 Å². The number of fused-ring (bicyclic) bond motifs is 7. The van der Waals surface area contributed by atoms with Crippen LogP contribution in [0.25, 0.3) is 0 Å². The van der Waals surface area contributed by atoms with Crippen molar-refractivity contribution in [2.45, 2.75) is 157 Å². The Morgan fingerprint density at radius 2 is 1.44 bits per heavy atom. The SMILES string of the molecule is CC(=O)OC1C(OC(C)=O)[C@H](OC(C)=O)CO[C@H]1C[C@@]12CCC3C(=CCC4[C@@]3(C)CCC3C(C)(C)C(=O)CC[C@@]34C)C1CC(C)(C)CC2. The number of hydrogen-bond donors (Lipinski definition) is 0. The summed E-state index contributed by atoms with van der Waals surface area (Å²) >= 11 is 0. The minimum Gasteiger partial charge on any atom is -0.456 e. The molecule has 0 aromatic heterocycles. The first-order valence-electron chi connectivity index (χ1n) is 18.7. The smallest absolute Gasteiger partial charge is 0.303 e. The Kier molecular flexibility index (Phi) is 9.07. The highest BCUT2D eigenvalue weighted by Crippen LogP contribution is 2.72. The second-order valence-corrected chi connectivity index (χ2v) is 18.5. The van der Waals surface area contributed by atoms with Crippen LogP contribution in [-0.4, -0.2) is 54.7 Å². The standard InChI is InChI=1S/C40H60O8/c1-23(41)46-30-22-45-29(34(47-24(2)42)35(30)48-25(3)43)21-40-17-12-27-26(28(40)20-36(4,5)18-19-40)10-11-32-38(27,8)15-13-31-37(6,7)33(44)14-16-39(31,32)9/h10,27-32,34-35H,11-22H2,1-9H3/t27?,28?,29-,30+,31?,32?,34?,35?,38-,39-,40-/m0/s1. The van der Waals surface area contributed by atoms with Crippen molar-refractivity contribution in [1.29, 1.82) is 0 Å². The maximum absolute atomic E-state index is 13.1. The van der Waals surface area contributed by atoms with Gasteiger partial charge in [-0.1, -0.05) is 53.2 Å². The molecule has 5 fully saturated rings. The van der Waals surface area contributed by atoms with Gasteiger partial charge in [-0.3, -0.25) is 19.2 Å². The van der Waals surface area contributed by atoms with E-state index in [1.165, 1.54) is 27.2 Å². The summed E-state index contributed by atoms with van der Waals surface area (Å²) in [6, 6.07) is 0. The minimum atomic E-state index is -0.934. The van der Waals surface area contributed by atoms with Crippen molar-refractivity contribution in [2.75, 3.05) is 6.61 Å². The fourth-order valence-electron chi connectivity index (χ4n) is 12.6. The van der Waals surface area contributed by atoms with E-state index in [0.717, 1.165) is 51.4 Å². The molecule has 1 saturated heterocycles. The van der Waals surface area contributed by atoms with E-state index in [4.69, 9.17) is 18.9 Å². The molecular weight excluding hydrogens is 608 g/mol. The van der Waals surface area contributed by atoms with Gasteiger partial charge in [0.25, 0.3) is 0 Å². The summed E-state index contributed by atoms with van der Waals surface area (Å²) in [5.41, 5.74) is 1.89. The maximum atomic E-state index is 13.1. The lowest BCUT2D eigenvalue weighted by Crippen LogP contribution is -2.62. The molecule has 48 heavy (non-hydrogen) atoms. The fourth-order valence-corrected chi connectivity index (χ4v) is 12.6. The zero-order valence-electron chi connectivity index (χ0n) is 30.9. The van der Waals surface area contributed by atoms with Gasteiger partial charge in [-0.15, -0.1) is 0 Å². The normalized spacial score (nSPS) is 44.4. The highest BCUT2D eigenvalue weighted by atomic mass is 16.6. The average Bonchev–Trinajstić information content (AvgIpc) is 2.97. The van der Waals surface area contributed by atoms with Gasteiger partial charge in [-0.2, -0.15) is 0 Å². The third-order valence-corrected chi connectivity index (χ3v) is 14.8. The molecule has 1 heterocycles. The first-order valence-corrected chi connectivity index (χ1v) is 18.7. The van der Waals surface area contributed by atoms with E-state index in [9.17, 15) is 19.2 Å². The topological polar surface area (TPSA) is 105 Å². The molecule has 8 nitrogen and oxygen atoms in total. The van der Waals surface area contributed by atoms with Crippen LogP contribution >= 0.6 is 0 Å². The van der Waals surface area contributed by atoms with Gasteiger partial charge in [0.1, 0.15) is 5.78 Å². The van der Waals surface area contributed by atoms with E-state index in [1.807, 2.05) is 0 Å². The van der Waals surface area contributed by atoms with Gasteiger partial charge in [-0.05, 0) is 110 Å². The second-order valence-electron chi connectivity index (χ2n) is 18.5. The summed E-state index contributed by atoms with van der Waals surface area (Å²) in [5, 5.41) is 0. The molecule has 0 aromatic rings. The molecule has 0 radical (unpaired) electrons. The summed E-state index contributed by atoms with van der Waals surface area (Å²) in [6.07, 6.45) is 10.7. The molecule has 6 aliphatic rings. The first kappa shape index (κ1) is 35.6. The lowest BCUT2D eigenvalue weighted by atomic mass is 9.37. The summed E-state index contributed by atoms with van der Waals surface area (Å²) in [7, 11) is 0. The van der Waals surface area contributed by atoms with Gasteiger partial charge >= 0.3 is 17.9 Å². The molecule has 0 bridgehead atoms. The maximum Gasteiger partial charge on any atom is 0.303 e. The molecule has 1 aliphatic heterocycles. The highest BCUT2D eigenvalue weighted by molar-refractivity contribution is 5.85. The van der Waals surface area contributed by atoms with E-state index in [-0.39, 0.29) is 33.7 Å².